The van der Waals surface area contributed by atoms with Crippen molar-refractivity contribution in [2.45, 2.75) is 6.43 Å². The van der Waals surface area contributed by atoms with E-state index in [1.54, 1.807) is 42.5 Å². The summed E-state index contributed by atoms with van der Waals surface area (Å²) in [7, 11) is 0. The Labute approximate surface area is 129 Å². The van der Waals surface area contributed by atoms with E-state index >= 15 is 0 Å². The maximum Gasteiger partial charge on any atom is 0.282 e. The van der Waals surface area contributed by atoms with Crippen LogP contribution in [0.25, 0.3) is 16.8 Å². The predicted molar refractivity (Wildman–Crippen MR) is 78.9 cm³/mol. The summed E-state index contributed by atoms with van der Waals surface area (Å²) in [5, 5.41) is 4.20. The lowest BCUT2D eigenvalue weighted by atomic mass is 10.1. The van der Waals surface area contributed by atoms with Crippen molar-refractivity contribution < 1.29 is 13.2 Å². The van der Waals surface area contributed by atoms with E-state index in [0.29, 0.717) is 16.3 Å². The molecule has 2 aromatic carbocycles. The second-order valence-electron chi connectivity index (χ2n) is 4.61. The minimum atomic E-state index is -2.88. The average molecular weight is 323 g/mol. The van der Waals surface area contributed by atoms with Crippen molar-refractivity contribution in [3.63, 3.8) is 0 Å². The van der Waals surface area contributed by atoms with E-state index < -0.39 is 18.1 Å². The second kappa shape index (κ2) is 5.85. The van der Waals surface area contributed by atoms with Gasteiger partial charge in [0.15, 0.2) is 0 Å². The molecule has 0 unspecified atom stereocenters. The third-order valence-corrected chi connectivity index (χ3v) is 3.45. The van der Waals surface area contributed by atoms with Crippen LogP contribution >= 0.6 is 11.6 Å². The van der Waals surface area contributed by atoms with Crippen LogP contribution in [0.15, 0.2) is 54.6 Å². The van der Waals surface area contributed by atoms with Crippen LogP contribution in [0, 0.1) is 5.95 Å². The summed E-state index contributed by atoms with van der Waals surface area (Å²) in [5.74, 6) is -0.830. The summed E-state index contributed by atoms with van der Waals surface area (Å²) >= 11 is 5.78. The van der Waals surface area contributed by atoms with E-state index in [-0.39, 0.29) is 5.56 Å². The zero-order valence-electron chi connectivity index (χ0n) is 11.2. The van der Waals surface area contributed by atoms with Crippen LogP contribution in [0.5, 0.6) is 0 Å². The molecule has 0 aliphatic heterocycles. The third-order valence-electron chi connectivity index (χ3n) is 3.20. The maximum atomic E-state index is 14.7. The number of alkyl halides is 2. The molecule has 0 atom stereocenters. The zero-order chi connectivity index (χ0) is 15.7. The van der Waals surface area contributed by atoms with Gasteiger partial charge in [-0.25, -0.2) is 13.5 Å². The smallest absolute Gasteiger partial charge is 0.206 e. The van der Waals surface area contributed by atoms with Gasteiger partial charge >= 0.3 is 0 Å². The Morgan fingerprint density at radius 2 is 1.59 bits per heavy atom. The lowest BCUT2D eigenvalue weighted by Gasteiger charge is -2.03. The minimum Gasteiger partial charge on any atom is -0.206 e. The van der Waals surface area contributed by atoms with E-state index in [0.717, 1.165) is 4.68 Å². The van der Waals surface area contributed by atoms with Gasteiger partial charge in [0.25, 0.3) is 6.43 Å². The Balaban J connectivity index is 2.20. The van der Waals surface area contributed by atoms with Gasteiger partial charge in [0, 0.05) is 5.02 Å². The largest absolute Gasteiger partial charge is 0.282 e. The van der Waals surface area contributed by atoms with Crippen molar-refractivity contribution in [1.29, 1.82) is 0 Å². The fraction of sp³-hybridized carbons (Fsp3) is 0.0625. The summed E-state index contributed by atoms with van der Waals surface area (Å²) in [6, 6.07) is 14.3. The van der Waals surface area contributed by atoms with Gasteiger partial charge in [0.05, 0.1) is 11.3 Å². The van der Waals surface area contributed by atoms with Gasteiger partial charge in [-0.3, -0.25) is 0 Å². The molecule has 0 saturated carbocycles. The molecule has 2 nitrogen and oxygen atoms in total. The van der Waals surface area contributed by atoms with Gasteiger partial charge in [0.1, 0.15) is 5.69 Å². The lowest BCUT2D eigenvalue weighted by molar-refractivity contribution is 0.146. The Hall–Kier alpha value is -2.27. The SMILES string of the molecule is Fc1c(-c2ccccc2)c(C(F)F)nn1-c1ccc(Cl)cc1. The Kier molecular flexibility index (Phi) is 3.90. The first-order chi connectivity index (χ1) is 10.6. The summed E-state index contributed by atoms with van der Waals surface area (Å²) in [4.78, 5) is 0. The van der Waals surface area contributed by atoms with Gasteiger partial charge in [0.2, 0.25) is 5.95 Å². The van der Waals surface area contributed by atoms with Crippen LogP contribution in [-0.2, 0) is 0 Å². The molecule has 6 heteroatoms. The van der Waals surface area contributed by atoms with Crippen LogP contribution in [0.1, 0.15) is 12.1 Å². The molecule has 1 heterocycles. The fourth-order valence-electron chi connectivity index (χ4n) is 2.19. The van der Waals surface area contributed by atoms with Crippen molar-refractivity contribution in [3.05, 3.63) is 71.3 Å². The van der Waals surface area contributed by atoms with E-state index in [9.17, 15) is 13.2 Å². The normalized spacial score (nSPS) is 11.1. The van der Waals surface area contributed by atoms with E-state index in [2.05, 4.69) is 5.10 Å². The zero-order valence-corrected chi connectivity index (χ0v) is 11.9. The van der Waals surface area contributed by atoms with Gasteiger partial charge in [-0.05, 0) is 29.8 Å². The van der Waals surface area contributed by atoms with Crippen LogP contribution in [-0.4, -0.2) is 9.78 Å². The van der Waals surface area contributed by atoms with Crippen molar-refractivity contribution >= 4 is 11.6 Å². The molecule has 0 spiro atoms. The number of halogens is 4. The van der Waals surface area contributed by atoms with Crippen molar-refractivity contribution in [1.82, 2.24) is 9.78 Å². The molecule has 0 aliphatic carbocycles. The van der Waals surface area contributed by atoms with Crippen LogP contribution < -0.4 is 0 Å². The molecule has 0 saturated heterocycles. The number of benzene rings is 2. The molecule has 0 amide bonds. The quantitative estimate of drug-likeness (QED) is 0.642. The summed E-state index contributed by atoms with van der Waals surface area (Å²) < 4.78 is 42.0. The molecule has 112 valence electrons. The molecule has 0 aliphatic rings. The van der Waals surface area contributed by atoms with Crippen LogP contribution in [0.2, 0.25) is 5.02 Å². The highest BCUT2D eigenvalue weighted by Crippen LogP contribution is 2.33. The third kappa shape index (κ3) is 2.60. The molecule has 1 aromatic heterocycles. The van der Waals surface area contributed by atoms with Gasteiger partial charge in [-0.1, -0.05) is 41.9 Å². The first-order valence-corrected chi connectivity index (χ1v) is 6.83. The average Bonchev–Trinajstić information content (AvgIpc) is 2.87. The number of hydrogen-bond donors (Lipinski definition) is 0. The molecule has 3 rings (SSSR count). The lowest BCUT2D eigenvalue weighted by Crippen LogP contribution is -2.00. The number of aromatic nitrogens is 2. The molecular formula is C16H10ClF3N2. The molecule has 0 fully saturated rings. The highest BCUT2D eigenvalue weighted by Gasteiger charge is 2.26. The van der Waals surface area contributed by atoms with Gasteiger partial charge in [-0.15, -0.1) is 0 Å². The topological polar surface area (TPSA) is 17.8 Å². The molecule has 3 aromatic rings. The predicted octanol–water partition coefficient (Wildman–Crippen LogP) is 5.27. The number of nitrogens with zero attached hydrogens (tertiary/aromatic N) is 2. The molecule has 0 radical (unpaired) electrons. The van der Waals surface area contributed by atoms with Crippen molar-refractivity contribution in [3.8, 4) is 16.8 Å². The van der Waals surface area contributed by atoms with E-state index in [4.69, 9.17) is 11.6 Å². The van der Waals surface area contributed by atoms with E-state index in [1.807, 2.05) is 0 Å². The molecular weight excluding hydrogens is 313 g/mol. The van der Waals surface area contributed by atoms with Crippen LogP contribution in [0.4, 0.5) is 13.2 Å². The van der Waals surface area contributed by atoms with Gasteiger partial charge in [-0.2, -0.15) is 9.49 Å². The Morgan fingerprint density at radius 3 is 2.18 bits per heavy atom. The Bertz CT molecular complexity index is 783. The summed E-state index contributed by atoms with van der Waals surface area (Å²) in [5.41, 5.74) is -0.0919. The van der Waals surface area contributed by atoms with Crippen molar-refractivity contribution in [2.75, 3.05) is 0 Å². The number of hydrogen-bond acceptors (Lipinski definition) is 1. The Morgan fingerprint density at radius 1 is 0.955 bits per heavy atom. The monoisotopic (exact) mass is 322 g/mol. The first-order valence-electron chi connectivity index (χ1n) is 6.46. The minimum absolute atomic E-state index is 0.189. The number of rotatable bonds is 3. The molecule has 22 heavy (non-hydrogen) atoms. The standard InChI is InChI=1S/C16H10ClF3N2/c17-11-6-8-12(9-7-11)22-16(20)13(14(21-22)15(18)19)10-4-2-1-3-5-10/h1-9,15H. The highest BCUT2D eigenvalue weighted by atomic mass is 35.5. The fourth-order valence-corrected chi connectivity index (χ4v) is 2.32. The highest BCUT2D eigenvalue weighted by molar-refractivity contribution is 6.30. The summed E-state index contributed by atoms with van der Waals surface area (Å²) in [6.45, 7) is 0. The maximum absolute atomic E-state index is 14.7. The summed E-state index contributed by atoms with van der Waals surface area (Å²) in [6.07, 6.45) is -2.88. The van der Waals surface area contributed by atoms with E-state index in [1.165, 1.54) is 12.1 Å². The van der Waals surface area contributed by atoms with Crippen molar-refractivity contribution in [2.24, 2.45) is 0 Å². The van der Waals surface area contributed by atoms with Gasteiger partial charge < -0.3 is 0 Å². The molecule has 0 bridgehead atoms. The second-order valence-corrected chi connectivity index (χ2v) is 5.04. The molecule has 0 N–H and O–H groups in total. The first kappa shape index (κ1) is 14.7. The van der Waals surface area contributed by atoms with Crippen LogP contribution in [0.3, 0.4) is 0 Å².